The number of benzene rings is 4. The van der Waals surface area contributed by atoms with Crippen molar-refractivity contribution in [1.29, 1.82) is 0 Å². The third kappa shape index (κ3) is 6.53. The highest BCUT2D eigenvalue weighted by Crippen LogP contribution is 2.36. The molecule has 0 saturated heterocycles. The van der Waals surface area contributed by atoms with Crippen LogP contribution < -0.4 is 19.1 Å². The van der Waals surface area contributed by atoms with Gasteiger partial charge in [0.1, 0.15) is 6.54 Å². The summed E-state index contributed by atoms with van der Waals surface area (Å²) in [7, 11) is -2.54. The Morgan fingerprint density at radius 2 is 1.51 bits per heavy atom. The lowest BCUT2D eigenvalue weighted by Crippen LogP contribution is -2.38. The second kappa shape index (κ2) is 11.8. The van der Waals surface area contributed by atoms with E-state index in [1.165, 1.54) is 19.2 Å². The van der Waals surface area contributed by atoms with Crippen molar-refractivity contribution in [1.82, 2.24) is 0 Å². The molecule has 4 aromatic carbocycles. The molecule has 0 saturated carbocycles. The average Bonchev–Trinajstić information content (AvgIpc) is 2.90. The van der Waals surface area contributed by atoms with Crippen molar-refractivity contribution in [3.8, 4) is 17.2 Å². The lowest BCUT2D eigenvalue weighted by Gasteiger charge is -2.26. The minimum atomic E-state index is -4.07. The average molecular weight is 565 g/mol. The molecule has 0 radical (unpaired) electrons. The van der Waals surface area contributed by atoms with Crippen LogP contribution in [-0.2, 0) is 14.8 Å². The van der Waals surface area contributed by atoms with E-state index in [9.17, 15) is 13.2 Å². The molecule has 7 nitrogen and oxygen atoms in total. The lowest BCUT2D eigenvalue weighted by atomic mass is 10.1. The summed E-state index contributed by atoms with van der Waals surface area (Å²) < 4.78 is 40.1. The standard InChI is InChI=1S/C30H29ClN2O5S/c1-20-9-13-24(14-10-20)39(35,36)33(26-15-11-21(2)17-22(26)3)19-30(34)32-25-18-23(31)12-16-27(25)38-29-8-6-5-7-28(29)37-4/h5-18H,19H2,1-4H3,(H,32,34). The fraction of sp³-hybridized carbons (Fsp3) is 0.167. The molecule has 202 valence electrons. The SMILES string of the molecule is COc1ccccc1Oc1ccc(Cl)cc1NC(=O)CN(c1ccc(C)cc1C)S(=O)(=O)c1ccc(C)cc1. The highest BCUT2D eigenvalue weighted by Gasteiger charge is 2.28. The number of aryl methyl sites for hydroxylation is 3. The number of amides is 1. The number of nitrogens with one attached hydrogen (secondary N) is 1. The van der Waals surface area contributed by atoms with Gasteiger partial charge in [0, 0.05) is 5.02 Å². The van der Waals surface area contributed by atoms with Gasteiger partial charge in [0.2, 0.25) is 5.91 Å². The predicted molar refractivity (Wildman–Crippen MR) is 155 cm³/mol. The van der Waals surface area contributed by atoms with Gasteiger partial charge in [0.05, 0.1) is 23.4 Å². The summed E-state index contributed by atoms with van der Waals surface area (Å²) in [5.74, 6) is 0.695. The van der Waals surface area contributed by atoms with E-state index in [1.807, 2.05) is 39.0 Å². The number of methoxy groups -OCH3 is 1. The monoisotopic (exact) mass is 564 g/mol. The molecule has 0 aliphatic carbocycles. The van der Waals surface area contributed by atoms with Gasteiger partial charge >= 0.3 is 0 Å². The zero-order chi connectivity index (χ0) is 28.2. The van der Waals surface area contributed by atoms with Crippen molar-refractivity contribution in [2.75, 3.05) is 23.3 Å². The molecule has 4 aromatic rings. The van der Waals surface area contributed by atoms with Crippen LogP contribution in [0.25, 0.3) is 0 Å². The lowest BCUT2D eigenvalue weighted by molar-refractivity contribution is -0.114. The highest BCUT2D eigenvalue weighted by molar-refractivity contribution is 7.92. The van der Waals surface area contributed by atoms with E-state index in [-0.39, 0.29) is 10.6 Å². The topological polar surface area (TPSA) is 84.9 Å². The van der Waals surface area contributed by atoms with E-state index in [0.717, 1.165) is 21.0 Å². The van der Waals surface area contributed by atoms with E-state index >= 15 is 0 Å². The van der Waals surface area contributed by atoms with Gasteiger partial charge in [0.25, 0.3) is 10.0 Å². The van der Waals surface area contributed by atoms with Crippen LogP contribution in [0.3, 0.4) is 0 Å². The van der Waals surface area contributed by atoms with Crippen molar-refractivity contribution >= 4 is 38.9 Å². The Labute approximate surface area is 234 Å². The van der Waals surface area contributed by atoms with Crippen LogP contribution in [0.5, 0.6) is 17.2 Å². The summed E-state index contributed by atoms with van der Waals surface area (Å²) in [6.07, 6.45) is 0. The molecule has 0 unspecified atom stereocenters. The van der Waals surface area contributed by atoms with Gasteiger partial charge in [0.15, 0.2) is 17.2 Å². The maximum atomic E-state index is 13.8. The first-order valence-corrected chi connectivity index (χ1v) is 14.0. The number of carbonyl (C=O) groups is 1. The summed E-state index contributed by atoms with van der Waals surface area (Å²) >= 11 is 6.23. The van der Waals surface area contributed by atoms with Crippen molar-refractivity contribution in [3.05, 3.63) is 107 Å². The Morgan fingerprint density at radius 1 is 0.846 bits per heavy atom. The number of para-hydroxylation sites is 2. The minimum Gasteiger partial charge on any atom is -0.493 e. The normalized spacial score (nSPS) is 11.1. The molecule has 1 N–H and O–H groups in total. The molecule has 0 aliphatic heterocycles. The van der Waals surface area contributed by atoms with Gasteiger partial charge in [-0.1, -0.05) is 59.1 Å². The van der Waals surface area contributed by atoms with E-state index < -0.39 is 22.5 Å². The van der Waals surface area contributed by atoms with Gasteiger partial charge in [-0.2, -0.15) is 0 Å². The number of nitrogens with zero attached hydrogens (tertiary/aromatic N) is 1. The van der Waals surface area contributed by atoms with Crippen LogP contribution in [0.1, 0.15) is 16.7 Å². The van der Waals surface area contributed by atoms with Crippen molar-refractivity contribution in [2.45, 2.75) is 25.7 Å². The number of ether oxygens (including phenoxy) is 2. The second-order valence-corrected chi connectivity index (χ2v) is 11.4. The molecule has 0 spiro atoms. The Bertz CT molecular complexity index is 1600. The van der Waals surface area contributed by atoms with E-state index in [4.69, 9.17) is 21.1 Å². The van der Waals surface area contributed by atoms with E-state index in [0.29, 0.717) is 28.0 Å². The molecule has 0 atom stereocenters. The van der Waals surface area contributed by atoms with Gasteiger partial charge in [-0.3, -0.25) is 9.10 Å². The maximum absolute atomic E-state index is 13.8. The van der Waals surface area contributed by atoms with E-state index in [2.05, 4.69) is 5.32 Å². The highest BCUT2D eigenvalue weighted by atomic mass is 35.5. The minimum absolute atomic E-state index is 0.0869. The van der Waals surface area contributed by atoms with Crippen LogP contribution >= 0.6 is 11.6 Å². The summed E-state index contributed by atoms with van der Waals surface area (Å²) in [6, 6.07) is 23.8. The van der Waals surface area contributed by atoms with Gasteiger partial charge in [-0.15, -0.1) is 0 Å². The molecule has 0 fully saturated rings. The molecule has 39 heavy (non-hydrogen) atoms. The first kappa shape index (κ1) is 28.0. The summed E-state index contributed by atoms with van der Waals surface area (Å²) in [6.45, 7) is 5.14. The number of anilines is 2. The summed E-state index contributed by atoms with van der Waals surface area (Å²) in [4.78, 5) is 13.5. The number of hydrogen-bond donors (Lipinski definition) is 1. The van der Waals surface area contributed by atoms with Gasteiger partial charge in [-0.25, -0.2) is 8.42 Å². The van der Waals surface area contributed by atoms with Crippen molar-refractivity contribution in [2.24, 2.45) is 0 Å². The maximum Gasteiger partial charge on any atom is 0.264 e. The zero-order valence-electron chi connectivity index (χ0n) is 22.1. The molecular formula is C30H29ClN2O5S. The third-order valence-electron chi connectivity index (χ3n) is 6.02. The molecule has 4 rings (SSSR count). The number of sulfonamides is 1. The molecule has 0 aliphatic rings. The quantitative estimate of drug-likeness (QED) is 0.239. The first-order chi connectivity index (χ1) is 18.6. The first-order valence-electron chi connectivity index (χ1n) is 12.2. The van der Waals surface area contributed by atoms with Crippen molar-refractivity contribution in [3.63, 3.8) is 0 Å². The Hall–Kier alpha value is -4.01. The number of halogens is 1. The van der Waals surface area contributed by atoms with Crippen LogP contribution in [0.2, 0.25) is 5.02 Å². The van der Waals surface area contributed by atoms with Crippen LogP contribution in [0.4, 0.5) is 11.4 Å². The smallest absolute Gasteiger partial charge is 0.264 e. The third-order valence-corrected chi connectivity index (χ3v) is 8.03. The second-order valence-electron chi connectivity index (χ2n) is 9.06. The van der Waals surface area contributed by atoms with Crippen molar-refractivity contribution < 1.29 is 22.7 Å². The van der Waals surface area contributed by atoms with E-state index in [1.54, 1.807) is 54.6 Å². The fourth-order valence-electron chi connectivity index (χ4n) is 4.05. The largest absolute Gasteiger partial charge is 0.493 e. The molecule has 0 heterocycles. The molecule has 0 aromatic heterocycles. The zero-order valence-corrected chi connectivity index (χ0v) is 23.6. The van der Waals surface area contributed by atoms with Crippen LogP contribution in [0.15, 0.2) is 89.8 Å². The van der Waals surface area contributed by atoms with Gasteiger partial charge in [-0.05, 0) is 74.9 Å². The molecule has 9 heteroatoms. The Balaban J connectivity index is 1.68. The summed E-state index contributed by atoms with van der Waals surface area (Å²) in [5, 5.41) is 3.15. The molecule has 1 amide bonds. The molecular weight excluding hydrogens is 536 g/mol. The summed E-state index contributed by atoms with van der Waals surface area (Å²) in [5.41, 5.74) is 3.32. The molecule has 0 bridgehead atoms. The van der Waals surface area contributed by atoms with Crippen LogP contribution in [0, 0.1) is 20.8 Å². The van der Waals surface area contributed by atoms with Gasteiger partial charge < -0.3 is 14.8 Å². The van der Waals surface area contributed by atoms with Crippen LogP contribution in [-0.4, -0.2) is 28.0 Å². The Morgan fingerprint density at radius 3 is 2.18 bits per heavy atom. The number of carbonyl (C=O) groups excluding carboxylic acids is 1. The Kier molecular flexibility index (Phi) is 8.47. The number of hydrogen-bond acceptors (Lipinski definition) is 5. The predicted octanol–water partition coefficient (Wildman–Crippen LogP) is 6.90. The fourth-order valence-corrected chi connectivity index (χ4v) is 5.71. The number of rotatable bonds is 9.